The van der Waals surface area contributed by atoms with E-state index in [9.17, 15) is 4.79 Å². The van der Waals surface area contributed by atoms with E-state index in [4.69, 9.17) is 9.15 Å². The number of hydrogen-bond acceptors (Lipinski definition) is 5. The number of oxazole rings is 1. The predicted molar refractivity (Wildman–Crippen MR) is 68.7 cm³/mol. The third-order valence-corrected chi connectivity index (χ3v) is 3.41. The van der Waals surface area contributed by atoms with Crippen molar-refractivity contribution in [3.8, 4) is 10.8 Å². The molecule has 0 fully saturated rings. The maximum absolute atomic E-state index is 11.6. The highest BCUT2D eigenvalue weighted by Crippen LogP contribution is 2.29. The largest absolute Gasteiger partial charge is 0.465 e. The van der Waals surface area contributed by atoms with Gasteiger partial charge in [0.05, 0.1) is 17.6 Å². The summed E-state index contributed by atoms with van der Waals surface area (Å²) in [6.45, 7) is 0. The summed E-state index contributed by atoms with van der Waals surface area (Å²) in [4.78, 5) is 16.9. The number of carbonyl (C=O) groups is 1. The van der Waals surface area contributed by atoms with Crippen molar-refractivity contribution in [1.82, 2.24) is 4.98 Å². The fourth-order valence-corrected chi connectivity index (χ4v) is 2.38. The van der Waals surface area contributed by atoms with Crippen LogP contribution in [0.25, 0.3) is 21.9 Å². The van der Waals surface area contributed by atoms with Gasteiger partial charge < -0.3 is 9.15 Å². The summed E-state index contributed by atoms with van der Waals surface area (Å²) >= 11 is 1.54. The van der Waals surface area contributed by atoms with Crippen LogP contribution in [0.3, 0.4) is 0 Å². The van der Waals surface area contributed by atoms with Crippen LogP contribution in [0.4, 0.5) is 0 Å². The Morgan fingerprint density at radius 2 is 2.22 bits per heavy atom. The van der Waals surface area contributed by atoms with Crippen LogP contribution < -0.4 is 0 Å². The minimum atomic E-state index is -0.411. The van der Waals surface area contributed by atoms with E-state index in [1.807, 2.05) is 17.5 Å². The Morgan fingerprint density at radius 3 is 2.94 bits per heavy atom. The molecule has 0 atom stereocenters. The van der Waals surface area contributed by atoms with Crippen LogP contribution in [0.1, 0.15) is 10.4 Å². The van der Waals surface area contributed by atoms with E-state index in [1.165, 1.54) is 18.4 Å². The molecule has 0 aliphatic carbocycles. The summed E-state index contributed by atoms with van der Waals surface area (Å²) in [5.41, 5.74) is 1.54. The van der Waals surface area contributed by atoms with Gasteiger partial charge in [-0.05, 0) is 23.6 Å². The molecule has 18 heavy (non-hydrogen) atoms. The van der Waals surface area contributed by atoms with Gasteiger partial charge in [-0.15, -0.1) is 11.3 Å². The average Bonchev–Trinajstić information content (AvgIpc) is 3.04. The highest BCUT2D eigenvalue weighted by molar-refractivity contribution is 7.13. The Hall–Kier alpha value is -2.14. The average molecular weight is 259 g/mol. The molecule has 0 aliphatic heterocycles. The van der Waals surface area contributed by atoms with E-state index in [2.05, 4.69) is 4.98 Å². The van der Waals surface area contributed by atoms with Crippen LogP contribution in [0, 0.1) is 0 Å². The lowest BCUT2D eigenvalue weighted by Crippen LogP contribution is -2.01. The van der Waals surface area contributed by atoms with E-state index in [1.54, 1.807) is 18.2 Å². The van der Waals surface area contributed by atoms with E-state index in [0.717, 1.165) is 4.88 Å². The molecule has 0 N–H and O–H groups in total. The highest BCUT2D eigenvalue weighted by Gasteiger charge is 2.16. The van der Waals surface area contributed by atoms with Gasteiger partial charge in [0.25, 0.3) is 0 Å². The maximum Gasteiger partial charge on any atom is 0.340 e. The number of methoxy groups -OCH3 is 1. The van der Waals surface area contributed by atoms with Gasteiger partial charge in [0.15, 0.2) is 5.58 Å². The summed E-state index contributed by atoms with van der Waals surface area (Å²) < 4.78 is 10.4. The first kappa shape index (κ1) is 11.0. The fraction of sp³-hybridized carbons (Fsp3) is 0.0769. The molecule has 0 radical (unpaired) electrons. The topological polar surface area (TPSA) is 52.3 Å². The van der Waals surface area contributed by atoms with Crippen LogP contribution in [-0.2, 0) is 4.74 Å². The first-order chi connectivity index (χ1) is 8.79. The third kappa shape index (κ3) is 1.69. The normalized spacial score (nSPS) is 10.7. The number of rotatable bonds is 2. The Bertz CT molecular complexity index is 700. The van der Waals surface area contributed by atoms with Crippen molar-refractivity contribution < 1.29 is 13.9 Å². The molecule has 0 spiro atoms. The lowest BCUT2D eigenvalue weighted by Gasteiger charge is -1.97. The number of para-hydroxylation sites is 1. The maximum atomic E-state index is 11.6. The summed E-state index contributed by atoms with van der Waals surface area (Å²) in [5.74, 6) is 0.114. The molecule has 0 aliphatic rings. The Labute approximate surface area is 107 Å². The molecule has 3 rings (SSSR count). The third-order valence-electron chi connectivity index (χ3n) is 2.56. The van der Waals surface area contributed by atoms with Crippen LogP contribution >= 0.6 is 11.3 Å². The van der Waals surface area contributed by atoms with Crippen molar-refractivity contribution in [3.05, 3.63) is 41.3 Å². The molecule has 4 nitrogen and oxygen atoms in total. The quantitative estimate of drug-likeness (QED) is 0.662. The predicted octanol–water partition coefficient (Wildman–Crippen LogP) is 3.34. The molecule has 0 unspecified atom stereocenters. The number of nitrogens with zero attached hydrogens (tertiary/aromatic N) is 1. The minimum Gasteiger partial charge on any atom is -0.465 e. The highest BCUT2D eigenvalue weighted by atomic mass is 32.1. The number of ether oxygens (including phenoxy) is 1. The summed E-state index contributed by atoms with van der Waals surface area (Å²) in [6, 6.07) is 9.06. The molecule has 0 saturated carbocycles. The summed E-state index contributed by atoms with van der Waals surface area (Å²) in [6.07, 6.45) is 0. The number of hydrogen-bond donors (Lipinski definition) is 0. The first-order valence-corrected chi connectivity index (χ1v) is 6.19. The SMILES string of the molecule is COC(=O)c1cccc2oc(-c3cccs3)nc12. The Kier molecular flexibility index (Phi) is 2.60. The number of carbonyl (C=O) groups excluding carboxylic acids is 1. The molecule has 5 heteroatoms. The van der Waals surface area contributed by atoms with Crippen LogP contribution in [0.5, 0.6) is 0 Å². The Balaban J connectivity index is 2.20. The monoisotopic (exact) mass is 259 g/mol. The number of esters is 1. The van der Waals surface area contributed by atoms with Gasteiger partial charge in [0.2, 0.25) is 5.89 Å². The first-order valence-electron chi connectivity index (χ1n) is 5.31. The second-order valence-corrected chi connectivity index (χ2v) is 4.59. The molecule has 3 aromatic rings. The van der Waals surface area contributed by atoms with Crippen molar-refractivity contribution in [2.75, 3.05) is 7.11 Å². The van der Waals surface area contributed by atoms with Crippen LogP contribution in [0.15, 0.2) is 40.1 Å². The van der Waals surface area contributed by atoms with Crippen molar-refractivity contribution in [1.29, 1.82) is 0 Å². The number of fused-ring (bicyclic) bond motifs is 1. The molecule has 0 bridgehead atoms. The van der Waals surface area contributed by atoms with E-state index < -0.39 is 5.97 Å². The fourth-order valence-electron chi connectivity index (χ4n) is 1.73. The Morgan fingerprint density at radius 1 is 1.33 bits per heavy atom. The molecule has 0 saturated heterocycles. The molecule has 2 aromatic heterocycles. The van der Waals surface area contributed by atoms with Crippen LogP contribution in [0.2, 0.25) is 0 Å². The van der Waals surface area contributed by atoms with Gasteiger partial charge in [-0.2, -0.15) is 0 Å². The van der Waals surface area contributed by atoms with Gasteiger partial charge in [0.1, 0.15) is 5.52 Å². The van der Waals surface area contributed by atoms with Gasteiger partial charge in [-0.1, -0.05) is 12.1 Å². The second-order valence-electron chi connectivity index (χ2n) is 3.64. The zero-order valence-corrected chi connectivity index (χ0v) is 10.4. The standard InChI is InChI=1S/C13H9NO3S/c1-16-13(15)8-4-2-5-9-11(8)14-12(17-9)10-6-3-7-18-10/h2-7H,1H3. The minimum absolute atomic E-state index is 0.411. The van der Waals surface area contributed by atoms with Crippen molar-refractivity contribution in [2.45, 2.75) is 0 Å². The summed E-state index contributed by atoms with van der Waals surface area (Å²) in [7, 11) is 1.35. The number of aromatic nitrogens is 1. The van der Waals surface area contributed by atoms with E-state index in [0.29, 0.717) is 22.6 Å². The van der Waals surface area contributed by atoms with Crippen LogP contribution in [-0.4, -0.2) is 18.1 Å². The van der Waals surface area contributed by atoms with Gasteiger partial charge in [0, 0.05) is 0 Å². The van der Waals surface area contributed by atoms with Crippen molar-refractivity contribution in [3.63, 3.8) is 0 Å². The zero-order valence-electron chi connectivity index (χ0n) is 9.54. The van der Waals surface area contributed by atoms with Crippen molar-refractivity contribution in [2.24, 2.45) is 0 Å². The molecule has 2 heterocycles. The molecular formula is C13H9NO3S. The molecular weight excluding hydrogens is 250 g/mol. The lowest BCUT2D eigenvalue weighted by atomic mass is 10.2. The second kappa shape index (κ2) is 4.27. The number of thiophene rings is 1. The van der Waals surface area contributed by atoms with E-state index >= 15 is 0 Å². The smallest absolute Gasteiger partial charge is 0.340 e. The lowest BCUT2D eigenvalue weighted by molar-refractivity contribution is 0.0603. The van der Waals surface area contributed by atoms with Gasteiger partial charge in [-0.3, -0.25) is 0 Å². The number of benzene rings is 1. The van der Waals surface area contributed by atoms with Gasteiger partial charge in [-0.25, -0.2) is 9.78 Å². The molecule has 0 amide bonds. The molecule has 90 valence electrons. The van der Waals surface area contributed by atoms with Crippen molar-refractivity contribution >= 4 is 28.4 Å². The molecule has 1 aromatic carbocycles. The van der Waals surface area contributed by atoms with Gasteiger partial charge >= 0.3 is 5.97 Å². The van der Waals surface area contributed by atoms with E-state index in [-0.39, 0.29) is 0 Å². The summed E-state index contributed by atoms with van der Waals surface area (Å²) in [5, 5.41) is 1.95. The zero-order chi connectivity index (χ0) is 12.5.